The highest BCUT2D eigenvalue weighted by Crippen LogP contribution is 2.23. The van der Waals surface area contributed by atoms with E-state index in [1.807, 2.05) is 11.7 Å². The van der Waals surface area contributed by atoms with E-state index in [1.165, 1.54) is 0 Å². The molecule has 0 fully saturated rings. The summed E-state index contributed by atoms with van der Waals surface area (Å²) in [5, 5.41) is 17.5. The Morgan fingerprint density at radius 3 is 2.33 bits per heavy atom. The van der Waals surface area contributed by atoms with E-state index in [1.54, 1.807) is 0 Å². The molecule has 1 aromatic heterocycles. The molecule has 0 aliphatic heterocycles. The first-order valence-corrected chi connectivity index (χ1v) is 7.39. The highest BCUT2D eigenvalue weighted by molar-refractivity contribution is 9.10. The normalized spacial score (nSPS) is 12.1. The van der Waals surface area contributed by atoms with Crippen molar-refractivity contribution in [3.8, 4) is 0 Å². The predicted octanol–water partition coefficient (Wildman–Crippen LogP) is 2.39. The van der Waals surface area contributed by atoms with E-state index < -0.39 is 0 Å². The summed E-state index contributed by atoms with van der Waals surface area (Å²) >= 11 is 3.61. The van der Waals surface area contributed by atoms with Crippen molar-refractivity contribution in [2.24, 2.45) is 7.05 Å². The smallest absolute Gasteiger partial charge is 0.0767 e. The molecule has 18 heavy (non-hydrogen) atoms. The Balaban J connectivity index is 2.82. The van der Waals surface area contributed by atoms with E-state index in [9.17, 15) is 5.11 Å². The van der Waals surface area contributed by atoms with Crippen molar-refractivity contribution in [2.45, 2.75) is 52.1 Å². The zero-order valence-electron chi connectivity index (χ0n) is 11.8. The number of rotatable bonds is 7. The van der Waals surface area contributed by atoms with Gasteiger partial charge in [0.25, 0.3) is 0 Å². The molecule has 0 saturated heterocycles. The molecule has 0 atom stereocenters. The fraction of sp³-hybridized carbons (Fsp3) is 0.769. The molecule has 0 saturated carbocycles. The Labute approximate surface area is 118 Å². The third-order valence-corrected chi connectivity index (χ3v) is 4.71. The molecule has 0 amide bonds. The van der Waals surface area contributed by atoms with E-state index in [0.717, 1.165) is 35.1 Å². The SMILES string of the molecule is CCc1nn(C)c(CNC(CC)(CC)CO)c1Br. The van der Waals surface area contributed by atoms with Gasteiger partial charge in [0.05, 0.1) is 22.5 Å². The molecule has 0 aliphatic carbocycles. The number of halogens is 1. The molecule has 0 bridgehead atoms. The summed E-state index contributed by atoms with van der Waals surface area (Å²) in [6.07, 6.45) is 2.74. The van der Waals surface area contributed by atoms with Crippen LogP contribution in [0.1, 0.15) is 45.0 Å². The molecule has 0 spiro atoms. The second-order valence-corrected chi connectivity index (χ2v) is 5.48. The summed E-state index contributed by atoms with van der Waals surface area (Å²) in [5.74, 6) is 0. The van der Waals surface area contributed by atoms with Crippen LogP contribution in [0.2, 0.25) is 0 Å². The van der Waals surface area contributed by atoms with Gasteiger partial charge in [-0.25, -0.2) is 0 Å². The summed E-state index contributed by atoms with van der Waals surface area (Å²) in [7, 11) is 1.96. The summed E-state index contributed by atoms with van der Waals surface area (Å²) in [6, 6.07) is 0. The maximum Gasteiger partial charge on any atom is 0.0767 e. The number of aliphatic hydroxyl groups is 1. The average Bonchev–Trinajstić information content (AvgIpc) is 2.67. The van der Waals surface area contributed by atoms with E-state index in [4.69, 9.17) is 0 Å². The number of nitrogens with one attached hydrogen (secondary N) is 1. The van der Waals surface area contributed by atoms with Crippen molar-refractivity contribution in [2.75, 3.05) is 6.61 Å². The first-order valence-electron chi connectivity index (χ1n) is 6.59. The molecule has 104 valence electrons. The van der Waals surface area contributed by atoms with Crippen molar-refractivity contribution < 1.29 is 5.11 Å². The molecule has 1 heterocycles. The van der Waals surface area contributed by atoms with Gasteiger partial charge in [0.15, 0.2) is 0 Å². The maximum absolute atomic E-state index is 9.55. The van der Waals surface area contributed by atoms with E-state index >= 15 is 0 Å². The van der Waals surface area contributed by atoms with Gasteiger partial charge in [-0.2, -0.15) is 5.10 Å². The molecule has 0 radical (unpaired) electrons. The number of aromatic nitrogens is 2. The minimum atomic E-state index is -0.184. The van der Waals surface area contributed by atoms with Crippen molar-refractivity contribution in [1.29, 1.82) is 0 Å². The standard InChI is InChI=1S/C13H24BrN3O/c1-5-10-12(14)11(17(4)16-10)8-15-13(6-2,7-3)9-18/h15,18H,5-9H2,1-4H3. The Bertz CT molecular complexity index is 378. The maximum atomic E-state index is 9.55. The molecule has 2 N–H and O–H groups in total. The van der Waals surface area contributed by atoms with E-state index in [2.05, 4.69) is 47.1 Å². The van der Waals surface area contributed by atoms with Crippen LogP contribution in [-0.4, -0.2) is 27.0 Å². The van der Waals surface area contributed by atoms with Crippen LogP contribution in [0, 0.1) is 0 Å². The van der Waals surface area contributed by atoms with Crippen LogP contribution in [0.15, 0.2) is 4.47 Å². The van der Waals surface area contributed by atoms with Gasteiger partial charge < -0.3 is 10.4 Å². The Morgan fingerprint density at radius 1 is 1.33 bits per heavy atom. The first kappa shape index (κ1) is 15.7. The van der Waals surface area contributed by atoms with Gasteiger partial charge in [-0.3, -0.25) is 4.68 Å². The van der Waals surface area contributed by atoms with E-state index in [0.29, 0.717) is 6.54 Å². The first-order chi connectivity index (χ1) is 8.53. The minimum absolute atomic E-state index is 0.163. The van der Waals surface area contributed by atoms with Gasteiger partial charge in [0.2, 0.25) is 0 Å². The van der Waals surface area contributed by atoms with Crippen molar-refractivity contribution >= 4 is 15.9 Å². The van der Waals surface area contributed by atoms with Gasteiger partial charge in [-0.1, -0.05) is 20.8 Å². The van der Waals surface area contributed by atoms with Crippen LogP contribution >= 0.6 is 15.9 Å². The van der Waals surface area contributed by atoms with E-state index in [-0.39, 0.29) is 12.1 Å². The molecular formula is C13H24BrN3O. The zero-order valence-corrected chi connectivity index (χ0v) is 13.3. The largest absolute Gasteiger partial charge is 0.394 e. The lowest BCUT2D eigenvalue weighted by atomic mass is 9.94. The fourth-order valence-electron chi connectivity index (χ4n) is 2.06. The van der Waals surface area contributed by atoms with Crippen LogP contribution in [-0.2, 0) is 20.0 Å². The third kappa shape index (κ3) is 3.13. The molecule has 0 unspecified atom stereocenters. The zero-order chi connectivity index (χ0) is 13.8. The fourth-order valence-corrected chi connectivity index (χ4v) is 2.82. The van der Waals surface area contributed by atoms with Gasteiger partial charge in [0, 0.05) is 19.1 Å². The lowest BCUT2D eigenvalue weighted by Crippen LogP contribution is -2.47. The lowest BCUT2D eigenvalue weighted by Gasteiger charge is -2.31. The highest BCUT2D eigenvalue weighted by Gasteiger charge is 2.25. The molecule has 1 aromatic rings. The third-order valence-electron chi connectivity index (χ3n) is 3.79. The van der Waals surface area contributed by atoms with Gasteiger partial charge in [-0.15, -0.1) is 0 Å². The van der Waals surface area contributed by atoms with Gasteiger partial charge in [0.1, 0.15) is 0 Å². The topological polar surface area (TPSA) is 50.1 Å². The Morgan fingerprint density at radius 2 is 1.94 bits per heavy atom. The van der Waals surface area contributed by atoms with Crippen LogP contribution in [0.25, 0.3) is 0 Å². The summed E-state index contributed by atoms with van der Waals surface area (Å²) < 4.78 is 2.99. The molecule has 4 nitrogen and oxygen atoms in total. The molecule has 0 aliphatic rings. The summed E-state index contributed by atoms with van der Waals surface area (Å²) in [5.41, 5.74) is 2.03. The van der Waals surface area contributed by atoms with Crippen LogP contribution in [0.4, 0.5) is 0 Å². The monoisotopic (exact) mass is 317 g/mol. The lowest BCUT2D eigenvalue weighted by molar-refractivity contribution is 0.148. The molecule has 0 aromatic carbocycles. The van der Waals surface area contributed by atoms with Crippen molar-refractivity contribution in [3.63, 3.8) is 0 Å². The highest BCUT2D eigenvalue weighted by atomic mass is 79.9. The molecular weight excluding hydrogens is 294 g/mol. The quantitative estimate of drug-likeness (QED) is 0.811. The van der Waals surface area contributed by atoms with Gasteiger partial charge >= 0.3 is 0 Å². The molecule has 1 rings (SSSR count). The van der Waals surface area contributed by atoms with Crippen molar-refractivity contribution in [1.82, 2.24) is 15.1 Å². The number of hydrogen-bond acceptors (Lipinski definition) is 3. The van der Waals surface area contributed by atoms with Gasteiger partial charge in [-0.05, 0) is 35.2 Å². The minimum Gasteiger partial charge on any atom is -0.394 e. The Hall–Kier alpha value is -0.390. The summed E-state index contributed by atoms with van der Waals surface area (Å²) in [6.45, 7) is 7.17. The average molecular weight is 318 g/mol. The van der Waals surface area contributed by atoms with Crippen molar-refractivity contribution in [3.05, 3.63) is 15.9 Å². The Kier molecular flexibility index (Phi) is 5.82. The number of nitrogens with zero attached hydrogens (tertiary/aromatic N) is 2. The number of aryl methyl sites for hydroxylation is 2. The summed E-state index contributed by atoms with van der Waals surface area (Å²) in [4.78, 5) is 0. The molecule has 5 heteroatoms. The number of hydrogen-bond donors (Lipinski definition) is 2. The van der Waals surface area contributed by atoms with Crippen LogP contribution in [0.5, 0.6) is 0 Å². The number of aliphatic hydroxyl groups excluding tert-OH is 1. The van der Waals surface area contributed by atoms with Crippen LogP contribution in [0.3, 0.4) is 0 Å². The van der Waals surface area contributed by atoms with Crippen LogP contribution < -0.4 is 5.32 Å². The second kappa shape index (κ2) is 6.68. The predicted molar refractivity (Wildman–Crippen MR) is 77.5 cm³/mol. The second-order valence-electron chi connectivity index (χ2n) is 4.68.